The number of hydrogen-bond donors (Lipinski definition) is 0. The number of benzene rings is 2. The highest BCUT2D eigenvalue weighted by Gasteiger charge is 2.34. The zero-order valence-electron chi connectivity index (χ0n) is 18.0. The Morgan fingerprint density at radius 2 is 1.43 bits per heavy atom. The number of aryl methyl sites for hydroxylation is 3. The lowest BCUT2D eigenvalue weighted by molar-refractivity contribution is 0.107. The highest BCUT2D eigenvalue weighted by atomic mass is 31.2. The van der Waals surface area contributed by atoms with Crippen LogP contribution in [0.2, 0.25) is 0 Å². The molecule has 0 aliphatic carbocycles. The molecule has 0 saturated carbocycles. The summed E-state index contributed by atoms with van der Waals surface area (Å²) in [4.78, 5) is 13.5. The van der Waals surface area contributed by atoms with Crippen molar-refractivity contribution in [1.82, 2.24) is 0 Å². The summed E-state index contributed by atoms with van der Waals surface area (Å²) in [7, 11) is -3.02. The zero-order chi connectivity index (χ0) is 20.6. The van der Waals surface area contributed by atoms with Crippen molar-refractivity contribution in [3.05, 3.63) is 70.3 Å². The molecular weight excluding hydrogens is 363 g/mol. The summed E-state index contributed by atoms with van der Waals surface area (Å²) in [5, 5.41) is 0. The molecule has 0 heterocycles. The maximum atomic E-state index is 14.0. The van der Waals surface area contributed by atoms with Crippen LogP contribution in [0.15, 0.2) is 42.5 Å². The molecule has 0 saturated heterocycles. The van der Waals surface area contributed by atoms with Crippen molar-refractivity contribution in [3.63, 3.8) is 0 Å². The third-order valence-corrected chi connectivity index (χ3v) is 8.29. The van der Waals surface area contributed by atoms with E-state index in [1.807, 2.05) is 63.2 Å². The van der Waals surface area contributed by atoms with Crippen molar-refractivity contribution in [2.45, 2.75) is 72.4 Å². The second-order valence-electron chi connectivity index (χ2n) is 8.10. The molecule has 3 heteroatoms. The Balaban J connectivity index is 2.24. The Hall–Kier alpha value is -1.66. The predicted octanol–water partition coefficient (Wildman–Crippen LogP) is 7.68. The first-order chi connectivity index (χ1) is 13.4. The second kappa shape index (κ2) is 10.8. The molecular formula is C25H35O2P. The molecule has 1 atom stereocenters. The van der Waals surface area contributed by atoms with Crippen LogP contribution in [0, 0.1) is 20.8 Å². The first-order valence-electron chi connectivity index (χ1n) is 10.6. The van der Waals surface area contributed by atoms with Gasteiger partial charge in [-0.15, -0.1) is 0 Å². The maximum Gasteiger partial charge on any atom is 0.222 e. The van der Waals surface area contributed by atoms with Gasteiger partial charge < -0.3 is 4.57 Å². The van der Waals surface area contributed by atoms with E-state index in [1.54, 1.807) is 0 Å². The Kier molecular flexibility index (Phi) is 8.70. The summed E-state index contributed by atoms with van der Waals surface area (Å²) in [5.74, 6) is 0. The molecule has 0 aromatic heterocycles. The van der Waals surface area contributed by atoms with Crippen molar-refractivity contribution < 1.29 is 9.36 Å². The van der Waals surface area contributed by atoms with Crippen molar-refractivity contribution >= 4 is 12.7 Å². The summed E-state index contributed by atoms with van der Waals surface area (Å²) >= 11 is 0. The largest absolute Gasteiger partial charge is 0.315 e. The molecule has 0 bridgehead atoms. The van der Waals surface area contributed by atoms with Crippen LogP contribution in [0.25, 0.3) is 0 Å². The first kappa shape index (κ1) is 22.6. The van der Waals surface area contributed by atoms with Gasteiger partial charge in [-0.2, -0.15) is 0 Å². The van der Waals surface area contributed by atoms with Gasteiger partial charge in [-0.05, 0) is 43.9 Å². The van der Waals surface area contributed by atoms with Crippen molar-refractivity contribution in [1.29, 1.82) is 0 Å². The lowest BCUT2D eigenvalue weighted by Crippen LogP contribution is -2.11. The molecule has 0 aliphatic heterocycles. The molecule has 0 aliphatic rings. The lowest BCUT2D eigenvalue weighted by Gasteiger charge is -2.20. The van der Waals surface area contributed by atoms with Gasteiger partial charge in [0.1, 0.15) is 0 Å². The minimum atomic E-state index is -3.02. The second-order valence-corrected chi connectivity index (χ2v) is 11.1. The zero-order valence-corrected chi connectivity index (χ0v) is 18.9. The number of rotatable bonds is 11. The molecule has 0 radical (unpaired) electrons. The van der Waals surface area contributed by atoms with E-state index in [1.165, 1.54) is 19.3 Å². The van der Waals surface area contributed by atoms with E-state index in [4.69, 9.17) is 0 Å². The van der Waals surface area contributed by atoms with Crippen LogP contribution >= 0.6 is 7.14 Å². The standard InChI is InChI=1S/C25H35O2P/c1-5-6-7-8-9-13-16-28(27,19-23-14-11-10-12-15-23)25(26)24-21(3)17-20(2)18-22(24)4/h10-12,14-15,17-18H,5-9,13,16,19H2,1-4H3. The van der Waals surface area contributed by atoms with Crippen molar-refractivity contribution in [2.75, 3.05) is 6.16 Å². The molecule has 0 N–H and O–H groups in total. The Morgan fingerprint density at radius 3 is 2.04 bits per heavy atom. The maximum absolute atomic E-state index is 14.0. The molecule has 2 rings (SSSR count). The minimum absolute atomic E-state index is 0.125. The molecule has 28 heavy (non-hydrogen) atoms. The SMILES string of the molecule is CCCCCCCCP(=O)(Cc1ccccc1)C(=O)c1c(C)cc(C)cc1C. The van der Waals surface area contributed by atoms with Gasteiger partial charge >= 0.3 is 0 Å². The van der Waals surface area contributed by atoms with E-state index in [9.17, 15) is 9.36 Å². The summed E-state index contributed by atoms with van der Waals surface area (Å²) in [6, 6.07) is 13.9. The molecule has 0 spiro atoms. The normalized spacial score (nSPS) is 13.3. The van der Waals surface area contributed by atoms with Crippen molar-refractivity contribution in [3.8, 4) is 0 Å². The third-order valence-electron chi connectivity index (χ3n) is 5.41. The van der Waals surface area contributed by atoms with Gasteiger partial charge in [0, 0.05) is 17.9 Å². The fourth-order valence-electron chi connectivity index (χ4n) is 4.00. The lowest BCUT2D eigenvalue weighted by atomic mass is 10.0. The number of unbranched alkanes of at least 4 members (excludes halogenated alkanes) is 5. The molecule has 2 aromatic carbocycles. The van der Waals surface area contributed by atoms with Gasteiger partial charge in [0.05, 0.1) is 0 Å². The highest BCUT2D eigenvalue weighted by Crippen LogP contribution is 2.53. The van der Waals surface area contributed by atoms with Gasteiger partial charge in [-0.3, -0.25) is 4.79 Å². The van der Waals surface area contributed by atoms with Gasteiger partial charge in [-0.1, -0.05) is 87.1 Å². The fourth-order valence-corrected chi connectivity index (χ4v) is 6.80. The van der Waals surface area contributed by atoms with Crippen molar-refractivity contribution in [2.24, 2.45) is 0 Å². The van der Waals surface area contributed by atoms with E-state index >= 15 is 0 Å². The van der Waals surface area contributed by atoms with Crippen LogP contribution in [0.1, 0.15) is 78.1 Å². The van der Waals surface area contributed by atoms with Crippen LogP contribution in [0.4, 0.5) is 0 Å². The monoisotopic (exact) mass is 398 g/mol. The Labute approximate surface area is 171 Å². The molecule has 0 fully saturated rings. The summed E-state index contributed by atoms with van der Waals surface area (Å²) in [5.41, 5.74) is 4.57. The average Bonchev–Trinajstić information content (AvgIpc) is 2.64. The van der Waals surface area contributed by atoms with E-state index in [0.717, 1.165) is 41.5 Å². The molecule has 1 unspecified atom stereocenters. The smallest absolute Gasteiger partial charge is 0.222 e. The number of carbonyl (C=O) groups is 1. The van der Waals surface area contributed by atoms with Crippen LogP contribution in [0.5, 0.6) is 0 Å². The Bertz CT molecular complexity index is 801. The van der Waals surface area contributed by atoms with Gasteiger partial charge in [0.25, 0.3) is 0 Å². The molecule has 2 aromatic rings. The van der Waals surface area contributed by atoms with Crippen LogP contribution in [0.3, 0.4) is 0 Å². The minimum Gasteiger partial charge on any atom is -0.315 e. The summed E-state index contributed by atoms with van der Waals surface area (Å²) < 4.78 is 14.0. The van der Waals surface area contributed by atoms with Crippen LogP contribution in [-0.4, -0.2) is 11.7 Å². The van der Waals surface area contributed by atoms with E-state index in [-0.39, 0.29) is 5.52 Å². The topological polar surface area (TPSA) is 34.1 Å². The predicted molar refractivity (Wildman–Crippen MR) is 121 cm³/mol. The third kappa shape index (κ3) is 6.17. The molecule has 0 amide bonds. The van der Waals surface area contributed by atoms with Crippen LogP contribution < -0.4 is 0 Å². The Morgan fingerprint density at radius 1 is 0.857 bits per heavy atom. The first-order valence-corrected chi connectivity index (χ1v) is 12.7. The number of hydrogen-bond acceptors (Lipinski definition) is 2. The number of carbonyl (C=O) groups excluding carboxylic acids is 1. The fraction of sp³-hybridized carbons (Fsp3) is 0.480. The molecule has 2 nitrogen and oxygen atoms in total. The van der Waals surface area contributed by atoms with E-state index < -0.39 is 7.14 Å². The van der Waals surface area contributed by atoms with Crippen LogP contribution in [-0.2, 0) is 10.7 Å². The molecule has 152 valence electrons. The van der Waals surface area contributed by atoms with E-state index in [2.05, 4.69) is 6.92 Å². The van der Waals surface area contributed by atoms with E-state index in [0.29, 0.717) is 17.9 Å². The average molecular weight is 399 g/mol. The summed E-state index contributed by atoms with van der Waals surface area (Å²) in [6.07, 6.45) is 7.66. The van der Waals surface area contributed by atoms with Gasteiger partial charge in [0.15, 0.2) is 7.14 Å². The van der Waals surface area contributed by atoms with Gasteiger partial charge in [0.2, 0.25) is 5.52 Å². The summed E-state index contributed by atoms with van der Waals surface area (Å²) in [6.45, 7) is 8.17. The quantitative estimate of drug-likeness (QED) is 0.287. The highest BCUT2D eigenvalue weighted by molar-refractivity contribution is 7.80. The van der Waals surface area contributed by atoms with Gasteiger partial charge in [-0.25, -0.2) is 0 Å².